The molecule has 2 fully saturated rings. The highest BCUT2D eigenvalue weighted by atomic mass is 19.4. The molecule has 6 nitrogen and oxygen atoms in total. The number of hydrogen-bond donors (Lipinski definition) is 0. The van der Waals surface area contributed by atoms with Crippen molar-refractivity contribution >= 4 is 11.7 Å². The molecule has 0 aromatic carbocycles. The predicted molar refractivity (Wildman–Crippen MR) is 74.8 cm³/mol. The van der Waals surface area contributed by atoms with Gasteiger partial charge < -0.3 is 14.5 Å². The zero-order valence-electron chi connectivity index (χ0n) is 12.6. The zero-order chi connectivity index (χ0) is 16.7. The van der Waals surface area contributed by atoms with Crippen LogP contribution < -0.4 is 4.90 Å². The summed E-state index contributed by atoms with van der Waals surface area (Å²) in [6.45, 7) is 1.62. The maximum absolute atomic E-state index is 12.7. The van der Waals surface area contributed by atoms with Gasteiger partial charge in [0.25, 0.3) is 0 Å². The van der Waals surface area contributed by atoms with Crippen LogP contribution in [0.3, 0.4) is 0 Å². The Kier molecular flexibility index (Phi) is 3.91. The standard InChI is InChI=1S/C14H17F3N4O2/c1-20-8-13(23-7-12(20)22)2-4-21(5-3-13)11-6-10(14(15,16)17)18-9-19-11/h6,9H,2-5,7-8H2,1H3. The third kappa shape index (κ3) is 3.24. The second kappa shape index (κ2) is 5.63. The van der Waals surface area contributed by atoms with Gasteiger partial charge in [0.15, 0.2) is 0 Å². The molecule has 0 aliphatic carbocycles. The number of halogens is 3. The van der Waals surface area contributed by atoms with Crippen LogP contribution in [0.4, 0.5) is 19.0 Å². The number of morpholine rings is 1. The van der Waals surface area contributed by atoms with Crippen molar-refractivity contribution in [1.29, 1.82) is 0 Å². The van der Waals surface area contributed by atoms with Crippen LogP contribution in [0.25, 0.3) is 0 Å². The highest BCUT2D eigenvalue weighted by Crippen LogP contribution is 2.33. The second-order valence-corrected chi connectivity index (χ2v) is 5.97. The van der Waals surface area contributed by atoms with Gasteiger partial charge >= 0.3 is 6.18 Å². The van der Waals surface area contributed by atoms with Crippen molar-refractivity contribution in [2.24, 2.45) is 0 Å². The molecular weight excluding hydrogens is 313 g/mol. The van der Waals surface area contributed by atoms with E-state index >= 15 is 0 Å². The molecule has 0 unspecified atom stereocenters. The molecule has 0 N–H and O–H groups in total. The Labute approximate surface area is 131 Å². The van der Waals surface area contributed by atoms with Crippen molar-refractivity contribution < 1.29 is 22.7 Å². The molecule has 2 aliphatic heterocycles. The average Bonchev–Trinajstić information content (AvgIpc) is 2.52. The Hall–Kier alpha value is -1.90. The first kappa shape index (κ1) is 16.0. The molecule has 1 aromatic rings. The van der Waals surface area contributed by atoms with Crippen LogP contribution in [0.5, 0.6) is 0 Å². The SMILES string of the molecule is CN1CC2(CCN(c3cc(C(F)(F)F)ncn3)CC2)OCC1=O. The number of alkyl halides is 3. The van der Waals surface area contributed by atoms with Crippen LogP contribution in [0.2, 0.25) is 0 Å². The Morgan fingerprint density at radius 2 is 1.96 bits per heavy atom. The number of aromatic nitrogens is 2. The highest BCUT2D eigenvalue weighted by molar-refractivity contribution is 5.78. The Balaban J connectivity index is 1.69. The number of piperidine rings is 1. The molecule has 2 aliphatic rings. The van der Waals surface area contributed by atoms with Crippen molar-refractivity contribution in [3.63, 3.8) is 0 Å². The largest absolute Gasteiger partial charge is 0.433 e. The Bertz CT molecular complexity index is 600. The van der Waals surface area contributed by atoms with Crippen LogP contribution in [-0.4, -0.2) is 59.7 Å². The van der Waals surface area contributed by atoms with E-state index in [1.165, 1.54) is 0 Å². The topological polar surface area (TPSA) is 58.6 Å². The third-order valence-corrected chi connectivity index (χ3v) is 4.39. The van der Waals surface area contributed by atoms with Gasteiger partial charge in [-0.15, -0.1) is 0 Å². The molecule has 0 bridgehead atoms. The van der Waals surface area contributed by atoms with Gasteiger partial charge in [0.05, 0.1) is 5.60 Å². The summed E-state index contributed by atoms with van der Waals surface area (Å²) in [5, 5.41) is 0. The molecule has 3 rings (SSSR count). The van der Waals surface area contributed by atoms with E-state index in [9.17, 15) is 18.0 Å². The van der Waals surface area contributed by atoms with E-state index in [0.29, 0.717) is 32.5 Å². The van der Waals surface area contributed by atoms with Crippen molar-refractivity contribution in [3.8, 4) is 0 Å². The fourth-order valence-electron chi connectivity index (χ4n) is 3.01. The lowest BCUT2D eigenvalue weighted by Crippen LogP contribution is -2.57. The first-order valence-corrected chi connectivity index (χ1v) is 7.31. The Morgan fingerprint density at radius 3 is 2.57 bits per heavy atom. The number of rotatable bonds is 1. The van der Waals surface area contributed by atoms with E-state index in [-0.39, 0.29) is 18.3 Å². The van der Waals surface area contributed by atoms with E-state index in [0.717, 1.165) is 12.4 Å². The van der Waals surface area contributed by atoms with Crippen LogP contribution in [0, 0.1) is 0 Å². The van der Waals surface area contributed by atoms with Gasteiger partial charge in [0.2, 0.25) is 5.91 Å². The molecule has 3 heterocycles. The minimum atomic E-state index is -4.48. The average molecular weight is 330 g/mol. The van der Waals surface area contributed by atoms with Crippen LogP contribution in [0.15, 0.2) is 12.4 Å². The van der Waals surface area contributed by atoms with Crippen LogP contribution in [-0.2, 0) is 15.7 Å². The van der Waals surface area contributed by atoms with Gasteiger partial charge in [0, 0.05) is 32.7 Å². The fraction of sp³-hybridized carbons (Fsp3) is 0.643. The molecule has 1 aromatic heterocycles. The monoisotopic (exact) mass is 330 g/mol. The summed E-state index contributed by atoms with van der Waals surface area (Å²) in [7, 11) is 1.74. The Morgan fingerprint density at radius 1 is 1.26 bits per heavy atom. The van der Waals surface area contributed by atoms with Gasteiger partial charge in [-0.05, 0) is 12.8 Å². The van der Waals surface area contributed by atoms with Crippen molar-refractivity contribution in [3.05, 3.63) is 18.1 Å². The van der Waals surface area contributed by atoms with Crippen molar-refractivity contribution in [2.45, 2.75) is 24.6 Å². The van der Waals surface area contributed by atoms with E-state index in [1.54, 1.807) is 16.8 Å². The molecule has 1 amide bonds. The normalized spacial score (nSPS) is 21.8. The molecule has 0 radical (unpaired) electrons. The highest BCUT2D eigenvalue weighted by Gasteiger charge is 2.41. The molecular formula is C14H17F3N4O2. The minimum Gasteiger partial charge on any atom is -0.363 e. The summed E-state index contributed by atoms with van der Waals surface area (Å²) in [4.78, 5) is 22.2. The number of ether oxygens (including phenoxy) is 1. The lowest BCUT2D eigenvalue weighted by atomic mass is 9.89. The van der Waals surface area contributed by atoms with Crippen molar-refractivity contribution in [2.75, 3.05) is 38.2 Å². The molecule has 1 spiro atoms. The lowest BCUT2D eigenvalue weighted by molar-refractivity contribution is -0.164. The predicted octanol–water partition coefficient (Wildman–Crippen LogP) is 1.32. The maximum atomic E-state index is 12.7. The summed E-state index contributed by atoms with van der Waals surface area (Å²) in [5.74, 6) is 0.214. The zero-order valence-corrected chi connectivity index (χ0v) is 12.6. The number of amides is 1. The molecule has 0 saturated carbocycles. The number of carbonyl (C=O) groups excluding carboxylic acids is 1. The van der Waals surface area contributed by atoms with E-state index < -0.39 is 17.5 Å². The quantitative estimate of drug-likeness (QED) is 0.777. The number of carbonyl (C=O) groups is 1. The lowest BCUT2D eigenvalue weighted by Gasteiger charge is -2.46. The van der Waals surface area contributed by atoms with Gasteiger partial charge in [-0.2, -0.15) is 13.2 Å². The van der Waals surface area contributed by atoms with Gasteiger partial charge in [-0.3, -0.25) is 4.79 Å². The summed E-state index contributed by atoms with van der Waals surface area (Å²) in [6.07, 6.45) is -2.28. The number of anilines is 1. The summed E-state index contributed by atoms with van der Waals surface area (Å²) < 4.78 is 43.9. The summed E-state index contributed by atoms with van der Waals surface area (Å²) >= 11 is 0. The smallest absolute Gasteiger partial charge is 0.363 e. The van der Waals surface area contributed by atoms with Crippen LogP contribution in [0.1, 0.15) is 18.5 Å². The van der Waals surface area contributed by atoms with Crippen LogP contribution >= 0.6 is 0 Å². The van der Waals surface area contributed by atoms with Gasteiger partial charge in [-0.25, -0.2) is 9.97 Å². The number of nitrogens with zero attached hydrogens (tertiary/aromatic N) is 4. The number of hydrogen-bond acceptors (Lipinski definition) is 5. The minimum absolute atomic E-state index is 0.0522. The van der Waals surface area contributed by atoms with E-state index in [4.69, 9.17) is 4.74 Å². The second-order valence-electron chi connectivity index (χ2n) is 5.97. The molecule has 0 atom stereocenters. The summed E-state index contributed by atoms with van der Waals surface area (Å²) in [6, 6.07) is 0.968. The first-order valence-electron chi connectivity index (χ1n) is 7.31. The molecule has 23 heavy (non-hydrogen) atoms. The van der Waals surface area contributed by atoms with Crippen molar-refractivity contribution in [1.82, 2.24) is 14.9 Å². The van der Waals surface area contributed by atoms with Gasteiger partial charge in [0.1, 0.15) is 24.4 Å². The van der Waals surface area contributed by atoms with E-state index in [2.05, 4.69) is 9.97 Å². The first-order chi connectivity index (χ1) is 10.8. The van der Waals surface area contributed by atoms with Gasteiger partial charge in [-0.1, -0.05) is 0 Å². The fourth-order valence-corrected chi connectivity index (χ4v) is 3.01. The molecule has 126 valence electrons. The molecule has 2 saturated heterocycles. The van der Waals surface area contributed by atoms with E-state index in [1.807, 2.05) is 0 Å². The maximum Gasteiger partial charge on any atom is 0.433 e. The third-order valence-electron chi connectivity index (χ3n) is 4.39. The summed E-state index contributed by atoms with van der Waals surface area (Å²) in [5.41, 5.74) is -1.35. The molecule has 9 heteroatoms. The number of likely N-dealkylation sites (N-methyl/N-ethyl adjacent to an activating group) is 1.